The van der Waals surface area contributed by atoms with E-state index in [1.54, 1.807) is 12.1 Å². The van der Waals surface area contributed by atoms with Gasteiger partial charge < -0.3 is 14.6 Å². The largest absolute Gasteiger partial charge is 0.494 e. The van der Waals surface area contributed by atoms with E-state index in [4.69, 9.17) is 16.3 Å². The number of aryl methyl sites for hydroxylation is 1. The first-order chi connectivity index (χ1) is 15.1. The molecule has 0 bridgehead atoms. The molecule has 0 aliphatic carbocycles. The standard InChI is InChI=1S/C24H21ClFN3O2/c25-18-8-12-20(13-9-18)31-15-3-14-29-22-5-2-1-4-21(22)28-23(29)16-27-24(30)17-6-10-19(26)11-7-17/h1-2,4-13H,3,14-16H2,(H,27,30). The van der Waals surface area contributed by atoms with Crippen LogP contribution in [0.4, 0.5) is 4.39 Å². The van der Waals surface area contributed by atoms with E-state index in [1.807, 2.05) is 36.4 Å². The van der Waals surface area contributed by atoms with Crippen LogP contribution in [0.2, 0.25) is 5.02 Å². The molecule has 1 aromatic heterocycles. The van der Waals surface area contributed by atoms with Crippen molar-refractivity contribution in [1.29, 1.82) is 0 Å². The Kier molecular flexibility index (Phi) is 6.48. The van der Waals surface area contributed by atoms with Crippen molar-refractivity contribution in [3.05, 3.63) is 95.0 Å². The molecule has 0 aliphatic heterocycles. The molecule has 0 saturated heterocycles. The minimum atomic E-state index is -0.376. The maximum absolute atomic E-state index is 13.1. The first-order valence-corrected chi connectivity index (χ1v) is 10.3. The normalized spacial score (nSPS) is 10.9. The number of amides is 1. The Balaban J connectivity index is 1.42. The Labute approximate surface area is 184 Å². The van der Waals surface area contributed by atoms with Gasteiger partial charge in [-0.05, 0) is 67.1 Å². The number of nitrogens with zero attached hydrogens (tertiary/aromatic N) is 2. The molecule has 0 aliphatic rings. The van der Waals surface area contributed by atoms with Crippen molar-refractivity contribution >= 4 is 28.5 Å². The molecule has 5 nitrogen and oxygen atoms in total. The van der Waals surface area contributed by atoms with Gasteiger partial charge >= 0.3 is 0 Å². The zero-order valence-electron chi connectivity index (χ0n) is 16.7. The third kappa shape index (κ3) is 5.22. The number of imidazole rings is 1. The molecule has 0 unspecified atom stereocenters. The van der Waals surface area contributed by atoms with E-state index in [9.17, 15) is 9.18 Å². The molecule has 1 heterocycles. The second-order valence-electron chi connectivity index (χ2n) is 7.01. The van der Waals surface area contributed by atoms with Crippen LogP contribution in [0, 0.1) is 5.82 Å². The molecule has 31 heavy (non-hydrogen) atoms. The van der Waals surface area contributed by atoms with Crippen LogP contribution in [0.25, 0.3) is 11.0 Å². The van der Waals surface area contributed by atoms with Gasteiger partial charge in [0.25, 0.3) is 5.91 Å². The van der Waals surface area contributed by atoms with Crippen LogP contribution >= 0.6 is 11.6 Å². The quantitative estimate of drug-likeness (QED) is 0.384. The SMILES string of the molecule is O=C(NCc1nc2ccccc2n1CCCOc1ccc(Cl)cc1)c1ccc(F)cc1. The van der Waals surface area contributed by atoms with Gasteiger partial charge in [0.15, 0.2) is 0 Å². The van der Waals surface area contributed by atoms with Crippen LogP contribution in [0.1, 0.15) is 22.6 Å². The van der Waals surface area contributed by atoms with E-state index >= 15 is 0 Å². The molecule has 0 atom stereocenters. The first kappa shape index (κ1) is 20.9. The molecule has 158 valence electrons. The van der Waals surface area contributed by atoms with E-state index in [-0.39, 0.29) is 18.3 Å². The van der Waals surface area contributed by atoms with E-state index in [0.717, 1.165) is 29.0 Å². The van der Waals surface area contributed by atoms with Crippen LogP contribution < -0.4 is 10.1 Å². The predicted octanol–water partition coefficient (Wildman–Crippen LogP) is 5.23. The summed E-state index contributed by atoms with van der Waals surface area (Å²) >= 11 is 5.90. The number of fused-ring (bicyclic) bond motifs is 1. The average molecular weight is 438 g/mol. The van der Waals surface area contributed by atoms with Crippen LogP contribution in [0.15, 0.2) is 72.8 Å². The summed E-state index contributed by atoms with van der Waals surface area (Å²) in [4.78, 5) is 17.1. The van der Waals surface area contributed by atoms with Crippen molar-refractivity contribution in [2.75, 3.05) is 6.61 Å². The molecular weight excluding hydrogens is 417 g/mol. The Morgan fingerprint density at radius 3 is 2.55 bits per heavy atom. The summed E-state index contributed by atoms with van der Waals surface area (Å²) in [7, 11) is 0. The fourth-order valence-electron chi connectivity index (χ4n) is 3.32. The Hall–Kier alpha value is -3.38. The third-order valence-corrected chi connectivity index (χ3v) is 5.11. The third-order valence-electron chi connectivity index (χ3n) is 4.86. The summed E-state index contributed by atoms with van der Waals surface area (Å²) in [6.45, 7) is 1.49. The highest BCUT2D eigenvalue weighted by Gasteiger charge is 2.12. The maximum Gasteiger partial charge on any atom is 0.251 e. The number of hydrogen-bond donors (Lipinski definition) is 1. The zero-order chi connectivity index (χ0) is 21.6. The molecule has 4 aromatic rings. The van der Waals surface area contributed by atoms with Gasteiger partial charge in [-0.1, -0.05) is 23.7 Å². The van der Waals surface area contributed by atoms with E-state index in [2.05, 4.69) is 14.9 Å². The Morgan fingerprint density at radius 1 is 1.03 bits per heavy atom. The predicted molar refractivity (Wildman–Crippen MR) is 119 cm³/mol. The summed E-state index contributed by atoms with van der Waals surface area (Å²) in [5, 5.41) is 3.54. The molecule has 1 amide bonds. The smallest absolute Gasteiger partial charge is 0.251 e. The first-order valence-electron chi connectivity index (χ1n) is 9.96. The highest BCUT2D eigenvalue weighted by Crippen LogP contribution is 2.18. The lowest BCUT2D eigenvalue weighted by atomic mass is 10.2. The van der Waals surface area contributed by atoms with Crippen molar-refractivity contribution in [2.24, 2.45) is 0 Å². The average Bonchev–Trinajstić information content (AvgIpc) is 3.14. The van der Waals surface area contributed by atoms with Crippen molar-refractivity contribution < 1.29 is 13.9 Å². The highest BCUT2D eigenvalue weighted by molar-refractivity contribution is 6.30. The topological polar surface area (TPSA) is 56.2 Å². The number of carbonyl (C=O) groups excluding carboxylic acids is 1. The van der Waals surface area contributed by atoms with Crippen molar-refractivity contribution in [1.82, 2.24) is 14.9 Å². The highest BCUT2D eigenvalue weighted by atomic mass is 35.5. The molecule has 0 fully saturated rings. The number of halogens is 2. The lowest BCUT2D eigenvalue weighted by Gasteiger charge is -2.11. The maximum atomic E-state index is 13.1. The minimum absolute atomic E-state index is 0.267. The summed E-state index contributed by atoms with van der Waals surface area (Å²) in [6, 6.07) is 20.6. The second kappa shape index (κ2) is 9.62. The van der Waals surface area contributed by atoms with Gasteiger partial charge in [0.2, 0.25) is 0 Å². The number of hydrogen-bond acceptors (Lipinski definition) is 3. The van der Waals surface area contributed by atoms with Crippen molar-refractivity contribution in [3.8, 4) is 5.75 Å². The van der Waals surface area contributed by atoms with Gasteiger partial charge in [-0.2, -0.15) is 0 Å². The molecule has 3 aromatic carbocycles. The van der Waals surface area contributed by atoms with Gasteiger partial charge in [0.05, 0.1) is 24.2 Å². The molecule has 0 radical (unpaired) electrons. The Morgan fingerprint density at radius 2 is 1.77 bits per heavy atom. The monoisotopic (exact) mass is 437 g/mol. The lowest BCUT2D eigenvalue weighted by molar-refractivity contribution is 0.0949. The lowest BCUT2D eigenvalue weighted by Crippen LogP contribution is -2.25. The molecule has 7 heteroatoms. The van der Waals surface area contributed by atoms with Crippen molar-refractivity contribution in [3.63, 3.8) is 0 Å². The van der Waals surface area contributed by atoms with Crippen LogP contribution in [0.5, 0.6) is 5.75 Å². The molecule has 1 N–H and O–H groups in total. The number of benzene rings is 3. The van der Waals surface area contributed by atoms with Crippen LogP contribution in [-0.2, 0) is 13.1 Å². The molecule has 0 saturated carbocycles. The van der Waals surface area contributed by atoms with E-state index in [1.165, 1.54) is 24.3 Å². The second-order valence-corrected chi connectivity index (χ2v) is 7.45. The Bertz CT molecular complexity index is 1170. The van der Waals surface area contributed by atoms with E-state index in [0.29, 0.717) is 23.7 Å². The number of ether oxygens (including phenoxy) is 1. The van der Waals surface area contributed by atoms with E-state index < -0.39 is 0 Å². The number of nitrogens with one attached hydrogen (secondary N) is 1. The van der Waals surface area contributed by atoms with Gasteiger partial charge in [-0.3, -0.25) is 4.79 Å². The molecular formula is C24H21ClFN3O2. The number of aromatic nitrogens is 2. The van der Waals surface area contributed by atoms with Gasteiger partial charge in [0.1, 0.15) is 17.4 Å². The number of carbonyl (C=O) groups is 1. The fourth-order valence-corrected chi connectivity index (χ4v) is 3.44. The zero-order valence-corrected chi connectivity index (χ0v) is 17.5. The van der Waals surface area contributed by atoms with Gasteiger partial charge in [-0.25, -0.2) is 9.37 Å². The number of rotatable bonds is 8. The van der Waals surface area contributed by atoms with Crippen molar-refractivity contribution in [2.45, 2.75) is 19.5 Å². The summed E-state index contributed by atoms with van der Waals surface area (Å²) in [6.07, 6.45) is 0.766. The summed E-state index contributed by atoms with van der Waals surface area (Å²) in [5.74, 6) is 0.874. The fraction of sp³-hybridized carbons (Fsp3) is 0.167. The minimum Gasteiger partial charge on any atom is -0.494 e. The van der Waals surface area contributed by atoms with Crippen LogP contribution in [0.3, 0.4) is 0 Å². The van der Waals surface area contributed by atoms with Crippen LogP contribution in [-0.4, -0.2) is 22.1 Å². The van der Waals surface area contributed by atoms with Gasteiger partial charge in [-0.15, -0.1) is 0 Å². The molecule has 0 spiro atoms. The van der Waals surface area contributed by atoms with Gasteiger partial charge in [0, 0.05) is 17.1 Å². The summed E-state index contributed by atoms with van der Waals surface area (Å²) < 4.78 is 21.0. The summed E-state index contributed by atoms with van der Waals surface area (Å²) in [5.41, 5.74) is 2.27. The molecule has 4 rings (SSSR count). The number of para-hydroxylation sites is 2.